The number of rotatable bonds is 5. The standard InChI is InChI=1S/C22H15F3N6O/c23-19(24)10-31-9-13(8-29-31)12-6-17-20(18(32)7-12)22(28-11-27-17)30-16-4-3-15-14(21(16)25)2-1-5-26-15/h1-9,11,19,32H,10H2,(H,27,28,30). The van der Waals surface area contributed by atoms with E-state index in [0.717, 1.165) is 4.68 Å². The van der Waals surface area contributed by atoms with Gasteiger partial charge in [0, 0.05) is 23.3 Å². The largest absolute Gasteiger partial charge is 0.507 e. The zero-order chi connectivity index (χ0) is 22.2. The zero-order valence-corrected chi connectivity index (χ0v) is 16.4. The van der Waals surface area contributed by atoms with Crippen LogP contribution in [0.15, 0.2) is 61.3 Å². The smallest absolute Gasteiger partial charge is 0.257 e. The molecule has 10 heteroatoms. The van der Waals surface area contributed by atoms with Gasteiger partial charge in [0.2, 0.25) is 0 Å². The molecule has 0 aliphatic carbocycles. The summed E-state index contributed by atoms with van der Waals surface area (Å²) in [4.78, 5) is 12.5. The van der Waals surface area contributed by atoms with Crippen molar-refractivity contribution in [1.29, 1.82) is 0 Å². The molecule has 0 fully saturated rings. The van der Waals surface area contributed by atoms with Crippen LogP contribution in [0.3, 0.4) is 0 Å². The Balaban J connectivity index is 1.54. The third-order valence-corrected chi connectivity index (χ3v) is 4.98. The summed E-state index contributed by atoms with van der Waals surface area (Å²) in [7, 11) is 0. The van der Waals surface area contributed by atoms with Gasteiger partial charge in [-0.05, 0) is 42.0 Å². The van der Waals surface area contributed by atoms with Crippen molar-refractivity contribution in [1.82, 2.24) is 24.7 Å². The van der Waals surface area contributed by atoms with Crippen LogP contribution in [0.25, 0.3) is 32.9 Å². The Morgan fingerprint density at radius 2 is 1.91 bits per heavy atom. The number of aromatic hydroxyl groups is 1. The van der Waals surface area contributed by atoms with Crippen LogP contribution in [-0.4, -0.2) is 36.3 Å². The Kier molecular flexibility index (Phi) is 4.81. The molecule has 0 atom stereocenters. The normalized spacial score (nSPS) is 11.5. The van der Waals surface area contributed by atoms with E-state index in [2.05, 4.69) is 25.4 Å². The molecule has 32 heavy (non-hydrogen) atoms. The lowest BCUT2D eigenvalue weighted by Gasteiger charge is -2.12. The summed E-state index contributed by atoms with van der Waals surface area (Å²) >= 11 is 0. The number of benzene rings is 2. The van der Waals surface area contributed by atoms with Crippen molar-refractivity contribution in [2.24, 2.45) is 0 Å². The number of nitrogens with zero attached hydrogens (tertiary/aromatic N) is 5. The molecule has 0 radical (unpaired) electrons. The fourth-order valence-electron chi connectivity index (χ4n) is 3.53. The molecule has 7 nitrogen and oxygen atoms in total. The number of phenolic OH excluding ortho intramolecular Hbond substituents is 1. The molecule has 0 spiro atoms. The van der Waals surface area contributed by atoms with E-state index in [4.69, 9.17) is 0 Å². The van der Waals surface area contributed by atoms with Gasteiger partial charge >= 0.3 is 0 Å². The molecule has 0 saturated carbocycles. The second kappa shape index (κ2) is 7.80. The summed E-state index contributed by atoms with van der Waals surface area (Å²) in [5.74, 6) is -0.426. The lowest BCUT2D eigenvalue weighted by Crippen LogP contribution is -2.06. The number of hydrogen-bond donors (Lipinski definition) is 2. The molecule has 5 rings (SSSR count). The van der Waals surface area contributed by atoms with Crippen molar-refractivity contribution in [2.45, 2.75) is 13.0 Å². The number of nitrogens with one attached hydrogen (secondary N) is 1. The first-order chi connectivity index (χ1) is 15.5. The van der Waals surface area contributed by atoms with Gasteiger partial charge in [0.15, 0.2) is 5.82 Å². The van der Waals surface area contributed by atoms with E-state index in [1.165, 1.54) is 24.8 Å². The van der Waals surface area contributed by atoms with E-state index < -0.39 is 18.8 Å². The van der Waals surface area contributed by atoms with E-state index in [9.17, 15) is 18.3 Å². The third-order valence-electron chi connectivity index (χ3n) is 4.98. The Bertz CT molecular complexity index is 1450. The molecular weight excluding hydrogens is 421 g/mol. The average molecular weight is 436 g/mol. The van der Waals surface area contributed by atoms with Crippen LogP contribution >= 0.6 is 0 Å². The minimum Gasteiger partial charge on any atom is -0.507 e. The maximum atomic E-state index is 15.0. The summed E-state index contributed by atoms with van der Waals surface area (Å²) in [6.45, 7) is -0.525. The highest BCUT2D eigenvalue weighted by molar-refractivity contribution is 5.98. The van der Waals surface area contributed by atoms with Crippen LogP contribution in [0, 0.1) is 5.82 Å². The number of fused-ring (bicyclic) bond motifs is 2. The van der Waals surface area contributed by atoms with Crippen LogP contribution in [0.4, 0.5) is 24.7 Å². The van der Waals surface area contributed by atoms with Gasteiger partial charge in [-0.1, -0.05) is 0 Å². The van der Waals surface area contributed by atoms with Crippen LogP contribution in [0.5, 0.6) is 5.75 Å². The highest BCUT2D eigenvalue weighted by Crippen LogP contribution is 2.36. The van der Waals surface area contributed by atoms with Gasteiger partial charge < -0.3 is 10.4 Å². The Hall–Kier alpha value is -4.21. The monoisotopic (exact) mass is 436 g/mol. The number of aromatic nitrogens is 5. The second-order valence-electron chi connectivity index (χ2n) is 7.08. The molecule has 3 heterocycles. The molecule has 0 unspecified atom stereocenters. The highest BCUT2D eigenvalue weighted by atomic mass is 19.3. The lowest BCUT2D eigenvalue weighted by molar-refractivity contribution is 0.122. The summed E-state index contributed by atoms with van der Waals surface area (Å²) in [5.41, 5.74) is 2.17. The number of anilines is 2. The van der Waals surface area contributed by atoms with E-state index >= 15 is 0 Å². The summed E-state index contributed by atoms with van der Waals surface area (Å²) in [6, 6.07) is 9.62. The first kappa shape index (κ1) is 19.7. The predicted molar refractivity (Wildman–Crippen MR) is 113 cm³/mol. The second-order valence-corrected chi connectivity index (χ2v) is 7.08. The van der Waals surface area contributed by atoms with E-state index in [0.29, 0.717) is 32.9 Å². The van der Waals surface area contributed by atoms with Gasteiger partial charge in [0.1, 0.15) is 24.4 Å². The van der Waals surface area contributed by atoms with Crippen molar-refractivity contribution in [3.63, 3.8) is 0 Å². The van der Waals surface area contributed by atoms with Crippen molar-refractivity contribution < 1.29 is 18.3 Å². The van der Waals surface area contributed by atoms with Gasteiger partial charge in [-0.25, -0.2) is 23.1 Å². The van der Waals surface area contributed by atoms with E-state index in [1.807, 2.05) is 0 Å². The van der Waals surface area contributed by atoms with Gasteiger partial charge in [-0.2, -0.15) is 5.10 Å². The predicted octanol–water partition coefficient (Wildman–Crippen LogP) is 4.89. The topological polar surface area (TPSA) is 88.8 Å². The first-order valence-electron chi connectivity index (χ1n) is 9.58. The Morgan fingerprint density at radius 3 is 2.75 bits per heavy atom. The molecule has 160 valence electrons. The average Bonchev–Trinajstić information content (AvgIpc) is 3.23. The number of hydrogen-bond acceptors (Lipinski definition) is 6. The fraction of sp³-hybridized carbons (Fsp3) is 0.0909. The summed E-state index contributed by atoms with van der Waals surface area (Å²) in [5, 5.41) is 18.2. The molecule has 5 aromatic rings. The Morgan fingerprint density at radius 1 is 1.03 bits per heavy atom. The first-order valence-corrected chi connectivity index (χ1v) is 9.58. The molecule has 0 bridgehead atoms. The SMILES string of the molecule is Oc1cc(-c2cnn(CC(F)F)c2)cc2ncnc(Nc3ccc4ncccc4c3F)c12. The molecule has 0 amide bonds. The van der Waals surface area contributed by atoms with Gasteiger partial charge in [0.25, 0.3) is 6.43 Å². The third kappa shape index (κ3) is 3.55. The fourth-order valence-corrected chi connectivity index (χ4v) is 3.53. The molecule has 2 aromatic carbocycles. The maximum absolute atomic E-state index is 15.0. The van der Waals surface area contributed by atoms with Gasteiger partial charge in [-0.15, -0.1) is 0 Å². The lowest BCUT2D eigenvalue weighted by atomic mass is 10.1. The van der Waals surface area contributed by atoms with Crippen LogP contribution < -0.4 is 5.32 Å². The van der Waals surface area contributed by atoms with Gasteiger partial charge in [0.05, 0.1) is 28.3 Å². The van der Waals surface area contributed by atoms with Crippen molar-refractivity contribution in [3.8, 4) is 16.9 Å². The van der Waals surface area contributed by atoms with Crippen molar-refractivity contribution >= 4 is 33.3 Å². The van der Waals surface area contributed by atoms with Crippen molar-refractivity contribution in [2.75, 3.05) is 5.32 Å². The number of alkyl halides is 2. The molecule has 3 aromatic heterocycles. The quantitative estimate of drug-likeness (QED) is 0.408. The molecule has 0 aliphatic heterocycles. The number of halogens is 3. The summed E-state index contributed by atoms with van der Waals surface area (Å²) < 4.78 is 41.3. The molecule has 2 N–H and O–H groups in total. The van der Waals surface area contributed by atoms with E-state index in [-0.39, 0.29) is 17.3 Å². The molecule has 0 aliphatic rings. The minimum atomic E-state index is -2.53. The molecule has 0 saturated heterocycles. The van der Waals surface area contributed by atoms with Crippen LogP contribution in [0.2, 0.25) is 0 Å². The van der Waals surface area contributed by atoms with Crippen molar-refractivity contribution in [3.05, 3.63) is 67.1 Å². The maximum Gasteiger partial charge on any atom is 0.257 e. The zero-order valence-electron chi connectivity index (χ0n) is 16.4. The van der Waals surface area contributed by atoms with Gasteiger partial charge in [-0.3, -0.25) is 9.67 Å². The minimum absolute atomic E-state index is 0.148. The number of phenols is 1. The van der Waals surface area contributed by atoms with Crippen LogP contribution in [0.1, 0.15) is 0 Å². The summed E-state index contributed by atoms with van der Waals surface area (Å²) in [6.07, 6.45) is 3.24. The number of pyridine rings is 1. The van der Waals surface area contributed by atoms with E-state index in [1.54, 1.807) is 36.5 Å². The highest BCUT2D eigenvalue weighted by Gasteiger charge is 2.15. The van der Waals surface area contributed by atoms with Crippen LogP contribution in [-0.2, 0) is 6.54 Å². The molecular formula is C22H15F3N6O. The Labute approximate surface area is 179 Å².